The van der Waals surface area contributed by atoms with E-state index in [0.29, 0.717) is 23.2 Å². The van der Waals surface area contributed by atoms with Crippen LogP contribution in [-0.4, -0.2) is 63.7 Å². The van der Waals surface area contributed by atoms with Crippen LogP contribution in [0.4, 0.5) is 10.1 Å². The van der Waals surface area contributed by atoms with Crippen LogP contribution in [0.1, 0.15) is 44.2 Å². The Morgan fingerprint density at radius 2 is 1.72 bits per heavy atom. The number of esters is 1. The molecule has 0 aromatic heterocycles. The number of nitrogens with one attached hydrogen (secondary N) is 1. The molecule has 3 aromatic carbocycles. The van der Waals surface area contributed by atoms with E-state index in [1.165, 1.54) is 18.2 Å². The second-order valence-corrected chi connectivity index (χ2v) is 12.4. The molecule has 3 heterocycles. The van der Waals surface area contributed by atoms with Gasteiger partial charge < -0.3 is 29.7 Å². The quantitative estimate of drug-likeness (QED) is 0.160. The van der Waals surface area contributed by atoms with Crippen molar-refractivity contribution in [3.63, 3.8) is 0 Å². The van der Waals surface area contributed by atoms with Gasteiger partial charge in [0.1, 0.15) is 12.4 Å². The predicted molar refractivity (Wildman–Crippen MR) is 167 cm³/mol. The second kappa shape index (κ2) is 12.0. The summed E-state index contributed by atoms with van der Waals surface area (Å²) < 4.78 is 33.3. The number of halogens is 1. The van der Waals surface area contributed by atoms with Gasteiger partial charge in [0.25, 0.3) is 5.91 Å². The van der Waals surface area contributed by atoms with Gasteiger partial charge in [-0.15, -0.1) is 0 Å². The largest absolute Gasteiger partial charge is 0.461 e. The molecular weight excluding hydrogens is 591 g/mol. The zero-order valence-electron chi connectivity index (χ0n) is 25.9. The Hall–Kier alpha value is -3.93. The van der Waals surface area contributed by atoms with Gasteiger partial charge in [-0.3, -0.25) is 9.59 Å². The first-order chi connectivity index (χ1) is 22.1. The standard InChI is InChI=1S/C36H39FN2O7/c1-4-21-44-31(41)23-29(40)22-30-19-20-39-35(43,24(2)3)34(32(42)38-28-13-9-6-10-14-28)33(46-34,25-11-7-5-8-12-25)36(39,45-30)26-15-17-27(37)18-16-26/h4-18,24,29-30,40,43H,1,19-23H2,2-3H3,(H,38,42)/t29-,30+,33+,34-,35-,36+/m0/s1. The van der Waals surface area contributed by atoms with Crippen molar-refractivity contribution < 1.29 is 38.4 Å². The van der Waals surface area contributed by atoms with Crippen LogP contribution in [0.15, 0.2) is 97.6 Å². The SMILES string of the molecule is C=CCOC(=O)C[C@@H](O)C[C@H]1CCN2[C@](O)(C(C)C)[C@@]3(C(=O)Nc4ccccc4)O[C@@]3(c3ccccc3)[C@@]2(c2ccc(F)cc2)O1. The monoisotopic (exact) mass is 630 g/mol. The summed E-state index contributed by atoms with van der Waals surface area (Å²) in [5, 5.41) is 26.9. The number of aliphatic hydroxyl groups is 2. The smallest absolute Gasteiger partial charge is 0.308 e. The zero-order valence-corrected chi connectivity index (χ0v) is 25.9. The zero-order chi connectivity index (χ0) is 32.7. The summed E-state index contributed by atoms with van der Waals surface area (Å²) in [6, 6.07) is 23.8. The molecule has 0 radical (unpaired) electrons. The van der Waals surface area contributed by atoms with Crippen LogP contribution in [-0.2, 0) is 35.1 Å². The first kappa shape index (κ1) is 32.0. The fourth-order valence-corrected chi connectivity index (χ4v) is 7.54. The van der Waals surface area contributed by atoms with Crippen LogP contribution in [0.25, 0.3) is 0 Å². The molecule has 3 aliphatic rings. The number of para-hydroxylation sites is 1. The van der Waals surface area contributed by atoms with Crippen molar-refractivity contribution in [2.45, 2.75) is 68.0 Å². The number of hydrogen-bond acceptors (Lipinski definition) is 8. The molecule has 3 aliphatic heterocycles. The maximum Gasteiger partial charge on any atom is 0.308 e. The van der Waals surface area contributed by atoms with Gasteiger partial charge in [-0.2, -0.15) is 0 Å². The average molecular weight is 631 g/mol. The number of amides is 1. The van der Waals surface area contributed by atoms with E-state index in [9.17, 15) is 24.2 Å². The molecule has 6 atom stereocenters. The van der Waals surface area contributed by atoms with Gasteiger partial charge in [-0.25, -0.2) is 9.29 Å². The Bertz CT molecular complexity index is 1590. The topological polar surface area (TPSA) is 121 Å². The van der Waals surface area contributed by atoms with Crippen LogP contribution < -0.4 is 5.32 Å². The lowest BCUT2D eigenvalue weighted by molar-refractivity contribution is -0.326. The fourth-order valence-electron chi connectivity index (χ4n) is 7.54. The number of carbonyl (C=O) groups excluding carboxylic acids is 2. The minimum atomic E-state index is -1.91. The van der Waals surface area contributed by atoms with E-state index in [0.717, 1.165) is 0 Å². The Balaban J connectivity index is 1.51. The Kier molecular flexibility index (Phi) is 8.37. The van der Waals surface area contributed by atoms with Gasteiger partial charge in [0.05, 0.1) is 18.6 Å². The first-order valence-corrected chi connectivity index (χ1v) is 15.6. The van der Waals surface area contributed by atoms with Crippen molar-refractivity contribution in [2.24, 2.45) is 5.92 Å². The molecule has 9 nitrogen and oxygen atoms in total. The van der Waals surface area contributed by atoms with Crippen molar-refractivity contribution in [3.05, 3.63) is 115 Å². The molecule has 0 saturated carbocycles. The third-order valence-electron chi connectivity index (χ3n) is 9.43. The highest BCUT2D eigenvalue weighted by Crippen LogP contribution is 2.79. The molecular formula is C36H39FN2O7. The van der Waals surface area contributed by atoms with Gasteiger partial charge in [0.15, 0.2) is 17.1 Å². The number of morpholine rings is 1. The minimum Gasteiger partial charge on any atom is -0.461 e. The molecule has 3 aromatic rings. The average Bonchev–Trinajstić information content (AvgIpc) is 3.74. The highest BCUT2D eigenvalue weighted by Gasteiger charge is 2.99. The molecule has 0 bridgehead atoms. The molecule has 3 N–H and O–H groups in total. The molecule has 6 rings (SSSR count). The molecule has 242 valence electrons. The number of rotatable bonds is 11. The molecule has 46 heavy (non-hydrogen) atoms. The molecule has 3 fully saturated rings. The summed E-state index contributed by atoms with van der Waals surface area (Å²) in [6.45, 7) is 7.45. The van der Waals surface area contributed by atoms with Gasteiger partial charge in [0, 0.05) is 24.2 Å². The van der Waals surface area contributed by atoms with E-state index >= 15 is 0 Å². The Morgan fingerprint density at radius 3 is 2.35 bits per heavy atom. The fraction of sp³-hybridized carbons (Fsp3) is 0.389. The van der Waals surface area contributed by atoms with Gasteiger partial charge in [-0.05, 0) is 42.2 Å². The third kappa shape index (κ3) is 4.62. The summed E-state index contributed by atoms with van der Waals surface area (Å²) >= 11 is 0. The van der Waals surface area contributed by atoms with Crippen LogP contribution >= 0.6 is 0 Å². The van der Waals surface area contributed by atoms with Crippen molar-refractivity contribution in [1.29, 1.82) is 0 Å². The van der Waals surface area contributed by atoms with E-state index in [1.807, 2.05) is 50.2 Å². The number of aliphatic hydroxyl groups excluding tert-OH is 1. The molecule has 1 amide bonds. The molecule has 0 unspecified atom stereocenters. The number of nitrogens with zero attached hydrogens (tertiary/aromatic N) is 1. The summed E-state index contributed by atoms with van der Waals surface area (Å²) in [6.07, 6.45) is -0.113. The van der Waals surface area contributed by atoms with E-state index in [1.54, 1.807) is 41.3 Å². The number of fused-ring (bicyclic) bond motifs is 3. The van der Waals surface area contributed by atoms with E-state index in [2.05, 4.69) is 11.9 Å². The number of epoxide rings is 1. The summed E-state index contributed by atoms with van der Waals surface area (Å²) in [5.41, 5.74) is -5.47. The van der Waals surface area contributed by atoms with Crippen molar-refractivity contribution in [3.8, 4) is 0 Å². The highest BCUT2D eigenvalue weighted by atomic mass is 19.1. The lowest BCUT2D eigenvalue weighted by Crippen LogP contribution is -2.68. The molecule has 3 saturated heterocycles. The minimum absolute atomic E-state index is 0.0337. The van der Waals surface area contributed by atoms with Crippen molar-refractivity contribution in [1.82, 2.24) is 4.90 Å². The lowest BCUT2D eigenvalue weighted by atomic mass is 9.73. The van der Waals surface area contributed by atoms with Crippen LogP contribution in [0.2, 0.25) is 0 Å². The lowest BCUT2D eigenvalue weighted by Gasteiger charge is -2.54. The third-order valence-corrected chi connectivity index (χ3v) is 9.43. The molecule has 10 heteroatoms. The molecule has 0 spiro atoms. The van der Waals surface area contributed by atoms with Gasteiger partial charge >= 0.3 is 5.97 Å². The number of ether oxygens (including phenoxy) is 3. The van der Waals surface area contributed by atoms with Crippen LogP contribution in [0, 0.1) is 11.7 Å². The number of anilines is 1. The van der Waals surface area contributed by atoms with Gasteiger partial charge in [0.2, 0.25) is 5.60 Å². The summed E-state index contributed by atoms with van der Waals surface area (Å²) in [5.74, 6) is -2.15. The highest BCUT2D eigenvalue weighted by molar-refractivity contribution is 6.03. The van der Waals surface area contributed by atoms with E-state index in [4.69, 9.17) is 14.2 Å². The van der Waals surface area contributed by atoms with E-state index in [-0.39, 0.29) is 26.0 Å². The number of benzene rings is 3. The predicted octanol–water partition coefficient (Wildman–Crippen LogP) is 4.60. The second-order valence-electron chi connectivity index (χ2n) is 12.4. The van der Waals surface area contributed by atoms with Crippen molar-refractivity contribution >= 4 is 17.6 Å². The summed E-state index contributed by atoms with van der Waals surface area (Å²) in [7, 11) is 0. The Morgan fingerprint density at radius 1 is 1.07 bits per heavy atom. The van der Waals surface area contributed by atoms with Crippen molar-refractivity contribution in [2.75, 3.05) is 18.5 Å². The van der Waals surface area contributed by atoms with Gasteiger partial charge in [-0.1, -0.05) is 87.2 Å². The molecule has 0 aliphatic carbocycles. The summed E-state index contributed by atoms with van der Waals surface area (Å²) in [4.78, 5) is 28.7. The maximum atomic E-state index is 14.7. The number of hydrogen-bond donors (Lipinski definition) is 3. The maximum absolute atomic E-state index is 14.7. The van der Waals surface area contributed by atoms with E-state index < -0.39 is 58.5 Å². The Labute approximate surface area is 267 Å². The van der Waals surface area contributed by atoms with Crippen LogP contribution in [0.5, 0.6) is 0 Å². The first-order valence-electron chi connectivity index (χ1n) is 15.6. The van der Waals surface area contributed by atoms with Crippen LogP contribution in [0.3, 0.4) is 0 Å². The normalized spacial score (nSPS) is 30.6. The number of carbonyl (C=O) groups is 2.